The number of ether oxygens (including phenoxy) is 1. The second-order valence-electron chi connectivity index (χ2n) is 4.39. The van der Waals surface area contributed by atoms with Crippen LogP contribution in [0.25, 0.3) is 0 Å². The number of methoxy groups -OCH3 is 1. The molecule has 1 aliphatic carbocycles. The zero-order valence-corrected chi connectivity index (χ0v) is 10.7. The van der Waals surface area contributed by atoms with Crippen molar-refractivity contribution in [2.75, 3.05) is 20.3 Å². The molecule has 0 aromatic heterocycles. The van der Waals surface area contributed by atoms with Crippen molar-refractivity contribution >= 4 is 17.2 Å². The summed E-state index contributed by atoms with van der Waals surface area (Å²) in [6.45, 7) is 6.00. The van der Waals surface area contributed by atoms with Crippen LogP contribution in [0.2, 0.25) is 0 Å². The molecule has 15 heavy (non-hydrogen) atoms. The minimum absolute atomic E-state index is 0.172. The van der Waals surface area contributed by atoms with Crippen LogP contribution in [0, 0.1) is 5.92 Å². The number of thiocarbonyl (C=S) groups is 1. The van der Waals surface area contributed by atoms with Gasteiger partial charge in [0.25, 0.3) is 0 Å². The minimum Gasteiger partial charge on any atom is -0.392 e. The quantitative estimate of drug-likeness (QED) is 0.671. The first kappa shape index (κ1) is 12.9. The lowest BCUT2D eigenvalue weighted by Crippen LogP contribution is -2.48. The third-order valence-corrected chi connectivity index (χ3v) is 3.63. The van der Waals surface area contributed by atoms with Crippen molar-refractivity contribution in [2.45, 2.75) is 38.8 Å². The number of nitrogens with zero attached hydrogens (tertiary/aromatic N) is 1. The molecule has 2 unspecified atom stereocenters. The van der Waals surface area contributed by atoms with Crippen molar-refractivity contribution in [1.82, 2.24) is 4.90 Å². The molecule has 1 rings (SSSR count). The van der Waals surface area contributed by atoms with Gasteiger partial charge in [-0.15, -0.1) is 0 Å². The largest absolute Gasteiger partial charge is 0.392 e. The van der Waals surface area contributed by atoms with Gasteiger partial charge in [-0.2, -0.15) is 0 Å². The molecule has 88 valence electrons. The molecule has 4 heteroatoms. The molecule has 0 spiro atoms. The Bertz CT molecular complexity index is 219. The molecule has 0 aromatic rings. The summed E-state index contributed by atoms with van der Waals surface area (Å²) >= 11 is 5.07. The van der Waals surface area contributed by atoms with E-state index in [1.54, 1.807) is 7.11 Å². The smallest absolute Gasteiger partial charge is 0.0899 e. The molecular formula is C11H22N2OS. The van der Waals surface area contributed by atoms with Gasteiger partial charge in [0.15, 0.2) is 0 Å². The Morgan fingerprint density at radius 2 is 2.13 bits per heavy atom. The molecule has 0 saturated heterocycles. The Hall–Kier alpha value is -0.190. The van der Waals surface area contributed by atoms with Crippen LogP contribution in [0.3, 0.4) is 0 Å². The minimum atomic E-state index is 0.172. The zero-order valence-electron chi connectivity index (χ0n) is 9.90. The van der Waals surface area contributed by atoms with Gasteiger partial charge in [0.2, 0.25) is 0 Å². The van der Waals surface area contributed by atoms with E-state index in [0.29, 0.717) is 11.0 Å². The summed E-state index contributed by atoms with van der Waals surface area (Å²) in [5.74, 6) is 0.832. The number of hydrogen-bond acceptors (Lipinski definition) is 3. The lowest BCUT2D eigenvalue weighted by molar-refractivity contribution is 0.107. The monoisotopic (exact) mass is 230 g/mol. The highest BCUT2D eigenvalue weighted by atomic mass is 32.1. The van der Waals surface area contributed by atoms with E-state index < -0.39 is 0 Å². The van der Waals surface area contributed by atoms with Crippen LogP contribution in [0.1, 0.15) is 26.7 Å². The zero-order chi connectivity index (χ0) is 11.4. The molecule has 0 aliphatic heterocycles. The predicted octanol–water partition coefficient (Wildman–Crippen LogP) is 1.41. The van der Waals surface area contributed by atoms with Crippen LogP contribution in [0.15, 0.2) is 0 Å². The molecule has 2 N–H and O–H groups in total. The van der Waals surface area contributed by atoms with Gasteiger partial charge in [0.1, 0.15) is 0 Å². The van der Waals surface area contributed by atoms with E-state index in [0.717, 1.165) is 19.1 Å². The van der Waals surface area contributed by atoms with Crippen LogP contribution in [0.5, 0.6) is 0 Å². The van der Waals surface area contributed by atoms with Crippen molar-refractivity contribution < 1.29 is 4.74 Å². The van der Waals surface area contributed by atoms with Gasteiger partial charge in [-0.05, 0) is 32.6 Å². The first-order valence-electron chi connectivity index (χ1n) is 5.62. The molecule has 0 amide bonds. The molecule has 3 nitrogen and oxygen atoms in total. The average molecular weight is 230 g/mol. The van der Waals surface area contributed by atoms with Crippen LogP contribution in [-0.4, -0.2) is 42.2 Å². The fourth-order valence-corrected chi connectivity index (χ4v) is 2.09. The summed E-state index contributed by atoms with van der Waals surface area (Å²) in [5.41, 5.74) is 5.72. The maximum Gasteiger partial charge on any atom is 0.0899 e. The van der Waals surface area contributed by atoms with Crippen LogP contribution in [0.4, 0.5) is 0 Å². The molecule has 0 bridgehead atoms. The fourth-order valence-electron chi connectivity index (χ4n) is 1.96. The standard InChI is InChI=1S/C11H22N2OS/c1-8(10-4-5-10)13(6-7-14-3)9(2)11(12)15/h8-10H,4-7H2,1-3H3,(H2,12,15). The van der Waals surface area contributed by atoms with Crippen molar-refractivity contribution in [3.8, 4) is 0 Å². The summed E-state index contributed by atoms with van der Waals surface area (Å²) in [7, 11) is 1.73. The van der Waals surface area contributed by atoms with Gasteiger partial charge in [-0.1, -0.05) is 12.2 Å². The SMILES string of the molecule is COCCN(C(C)C(N)=S)C(C)C1CC1. The van der Waals surface area contributed by atoms with E-state index in [1.165, 1.54) is 12.8 Å². The Labute approximate surface area is 98.0 Å². The van der Waals surface area contributed by atoms with Crippen molar-refractivity contribution in [3.05, 3.63) is 0 Å². The maximum atomic E-state index is 5.72. The summed E-state index contributed by atoms with van der Waals surface area (Å²) in [5, 5.41) is 0. The van der Waals surface area contributed by atoms with Crippen molar-refractivity contribution in [2.24, 2.45) is 11.7 Å². The lowest BCUT2D eigenvalue weighted by atomic mass is 10.1. The summed E-state index contributed by atoms with van der Waals surface area (Å²) in [6.07, 6.45) is 2.68. The van der Waals surface area contributed by atoms with Crippen molar-refractivity contribution in [3.63, 3.8) is 0 Å². The van der Waals surface area contributed by atoms with Gasteiger partial charge >= 0.3 is 0 Å². The third-order valence-electron chi connectivity index (χ3n) is 3.29. The molecule has 0 aromatic carbocycles. The van der Waals surface area contributed by atoms with Gasteiger partial charge in [0.05, 0.1) is 17.6 Å². The number of rotatable bonds is 7. The summed E-state index contributed by atoms with van der Waals surface area (Å²) in [6, 6.07) is 0.738. The normalized spacial score (nSPS) is 20.3. The van der Waals surface area contributed by atoms with E-state index in [4.69, 9.17) is 22.7 Å². The highest BCUT2D eigenvalue weighted by molar-refractivity contribution is 7.80. The van der Waals surface area contributed by atoms with Crippen LogP contribution >= 0.6 is 12.2 Å². The molecule has 1 fully saturated rings. The summed E-state index contributed by atoms with van der Waals surface area (Å²) < 4.78 is 5.13. The van der Waals surface area contributed by atoms with Gasteiger partial charge in [0, 0.05) is 19.7 Å². The second-order valence-corrected chi connectivity index (χ2v) is 4.86. The molecule has 1 saturated carbocycles. The third kappa shape index (κ3) is 3.70. The van der Waals surface area contributed by atoms with E-state index in [2.05, 4.69) is 18.7 Å². The van der Waals surface area contributed by atoms with Gasteiger partial charge < -0.3 is 10.5 Å². The molecule has 1 aliphatic rings. The first-order chi connectivity index (χ1) is 7.07. The average Bonchev–Trinajstić information content (AvgIpc) is 3.00. The number of nitrogens with two attached hydrogens (primary N) is 1. The first-order valence-corrected chi connectivity index (χ1v) is 6.02. The second kappa shape index (κ2) is 5.77. The van der Waals surface area contributed by atoms with Gasteiger partial charge in [-0.3, -0.25) is 4.90 Å². The lowest BCUT2D eigenvalue weighted by Gasteiger charge is -2.34. The Morgan fingerprint density at radius 1 is 1.53 bits per heavy atom. The molecule has 2 atom stereocenters. The predicted molar refractivity (Wildman–Crippen MR) is 67.0 cm³/mol. The summed E-state index contributed by atoms with van der Waals surface area (Å²) in [4.78, 5) is 2.95. The van der Waals surface area contributed by atoms with E-state index in [1.807, 2.05) is 0 Å². The van der Waals surface area contributed by atoms with E-state index in [-0.39, 0.29) is 6.04 Å². The van der Waals surface area contributed by atoms with Crippen molar-refractivity contribution in [1.29, 1.82) is 0 Å². The molecular weight excluding hydrogens is 208 g/mol. The van der Waals surface area contributed by atoms with Crippen LogP contribution < -0.4 is 5.73 Å². The Balaban J connectivity index is 2.54. The molecule has 0 heterocycles. The van der Waals surface area contributed by atoms with E-state index in [9.17, 15) is 0 Å². The highest BCUT2D eigenvalue weighted by Crippen LogP contribution is 2.35. The molecule has 0 radical (unpaired) electrons. The van der Waals surface area contributed by atoms with Gasteiger partial charge in [-0.25, -0.2) is 0 Å². The Morgan fingerprint density at radius 3 is 2.53 bits per heavy atom. The fraction of sp³-hybridized carbons (Fsp3) is 0.909. The topological polar surface area (TPSA) is 38.5 Å². The van der Waals surface area contributed by atoms with Crippen LogP contribution in [-0.2, 0) is 4.74 Å². The Kier molecular flexibility index (Phi) is 4.96. The number of hydrogen-bond donors (Lipinski definition) is 1. The highest BCUT2D eigenvalue weighted by Gasteiger charge is 2.34. The maximum absolute atomic E-state index is 5.72. The van der Waals surface area contributed by atoms with E-state index >= 15 is 0 Å².